The Bertz CT molecular complexity index is 486. The lowest BCUT2D eigenvalue weighted by molar-refractivity contribution is -0.689. The Kier molecular flexibility index (Phi) is 6.64. The fraction of sp³-hybridized carbons (Fsp3) is 0.650. The molecule has 0 unspecified atom stereocenters. The van der Waals surface area contributed by atoms with Crippen LogP contribution in [0.4, 0.5) is 0 Å². The summed E-state index contributed by atoms with van der Waals surface area (Å²) in [5, 5.41) is 2.29. The second-order valence-corrected chi connectivity index (χ2v) is 7.47. The molecule has 1 aliphatic carbocycles. The summed E-state index contributed by atoms with van der Waals surface area (Å²) in [6, 6.07) is 11.1. The first-order valence-corrected chi connectivity index (χ1v) is 9.15. The number of nitrogens with zero attached hydrogens (tertiary/aromatic N) is 1. The first-order valence-electron chi connectivity index (χ1n) is 9.15. The first kappa shape index (κ1) is 18.0. The molecule has 1 saturated carbocycles. The molecule has 1 aromatic rings. The van der Waals surface area contributed by atoms with E-state index in [4.69, 9.17) is 0 Å². The predicted molar refractivity (Wildman–Crippen MR) is 94.9 cm³/mol. The Morgan fingerprint density at radius 3 is 2.57 bits per heavy atom. The van der Waals surface area contributed by atoms with E-state index in [0.717, 1.165) is 5.92 Å². The summed E-state index contributed by atoms with van der Waals surface area (Å²) in [7, 11) is 0. The number of benzene rings is 1. The summed E-state index contributed by atoms with van der Waals surface area (Å²) >= 11 is 0. The second kappa shape index (κ2) is 8.49. The van der Waals surface area contributed by atoms with Gasteiger partial charge in [-0.05, 0) is 44.6 Å². The molecule has 1 aromatic carbocycles. The number of hydrogen-bond acceptors (Lipinski definition) is 1. The van der Waals surface area contributed by atoms with Crippen molar-refractivity contribution in [2.24, 2.45) is 11.8 Å². The van der Waals surface area contributed by atoms with Gasteiger partial charge >= 0.3 is 0 Å². The molecule has 1 amide bonds. The lowest BCUT2D eigenvalue weighted by atomic mass is 9.78. The smallest absolute Gasteiger partial charge is 0.278 e. The van der Waals surface area contributed by atoms with Gasteiger partial charge in [0, 0.05) is 18.5 Å². The summed E-state index contributed by atoms with van der Waals surface area (Å²) in [5.74, 6) is 1.75. The molecule has 1 aliphatic rings. The summed E-state index contributed by atoms with van der Waals surface area (Å²) in [4.78, 5) is 14.7. The SMILES string of the molecule is CC(C)N(Cc1ccccc1)C(=O)C[NH2+][C@H]1CCC[C@H](C)[C@H]1C. The van der Waals surface area contributed by atoms with Crippen LogP contribution in [-0.4, -0.2) is 29.4 Å². The molecule has 0 radical (unpaired) electrons. The molecule has 0 spiro atoms. The Balaban J connectivity index is 1.91. The Morgan fingerprint density at radius 1 is 1.22 bits per heavy atom. The number of nitrogens with two attached hydrogens (primary N) is 1. The van der Waals surface area contributed by atoms with Crippen LogP contribution in [0.15, 0.2) is 30.3 Å². The van der Waals surface area contributed by atoms with Crippen LogP contribution in [0.5, 0.6) is 0 Å². The van der Waals surface area contributed by atoms with Gasteiger partial charge in [-0.2, -0.15) is 0 Å². The third-order valence-corrected chi connectivity index (χ3v) is 5.50. The lowest BCUT2D eigenvalue weighted by Crippen LogP contribution is -2.93. The highest BCUT2D eigenvalue weighted by atomic mass is 16.2. The maximum absolute atomic E-state index is 12.7. The topological polar surface area (TPSA) is 36.9 Å². The van der Waals surface area contributed by atoms with Gasteiger partial charge in [-0.25, -0.2) is 0 Å². The number of carbonyl (C=O) groups is 1. The molecule has 0 saturated heterocycles. The van der Waals surface area contributed by atoms with Gasteiger partial charge in [-0.3, -0.25) is 4.79 Å². The van der Waals surface area contributed by atoms with E-state index in [1.165, 1.54) is 24.8 Å². The van der Waals surface area contributed by atoms with Crippen molar-refractivity contribution in [1.29, 1.82) is 0 Å². The minimum Gasteiger partial charge on any atom is -0.336 e. The summed E-state index contributed by atoms with van der Waals surface area (Å²) in [6.45, 7) is 10.2. The molecule has 23 heavy (non-hydrogen) atoms. The lowest BCUT2D eigenvalue weighted by Gasteiger charge is -2.33. The maximum Gasteiger partial charge on any atom is 0.278 e. The fourth-order valence-corrected chi connectivity index (χ4v) is 3.66. The van der Waals surface area contributed by atoms with Crippen molar-refractivity contribution in [3.05, 3.63) is 35.9 Å². The largest absolute Gasteiger partial charge is 0.336 e. The molecule has 3 heteroatoms. The standard InChI is InChI=1S/C20H32N2O/c1-15(2)22(14-18-10-6-5-7-11-18)20(23)13-21-19-12-8-9-16(3)17(19)4/h5-7,10-11,15-17,19,21H,8-9,12-14H2,1-4H3/p+1/t16-,17+,19-/m0/s1. The van der Waals surface area contributed by atoms with Crippen molar-refractivity contribution >= 4 is 5.91 Å². The first-order chi connectivity index (χ1) is 11.0. The van der Waals surface area contributed by atoms with E-state index in [0.29, 0.717) is 25.0 Å². The molecule has 0 aromatic heterocycles. The van der Waals surface area contributed by atoms with Crippen LogP contribution in [0, 0.1) is 11.8 Å². The molecular weight excluding hydrogens is 284 g/mol. The molecule has 0 aliphatic heterocycles. The van der Waals surface area contributed by atoms with Crippen molar-refractivity contribution in [3.63, 3.8) is 0 Å². The van der Waals surface area contributed by atoms with Gasteiger partial charge in [0.05, 0.1) is 6.04 Å². The minimum absolute atomic E-state index is 0.235. The average molecular weight is 317 g/mol. The van der Waals surface area contributed by atoms with E-state index in [-0.39, 0.29) is 11.9 Å². The van der Waals surface area contributed by atoms with Crippen molar-refractivity contribution in [1.82, 2.24) is 4.90 Å². The monoisotopic (exact) mass is 317 g/mol. The summed E-state index contributed by atoms with van der Waals surface area (Å²) in [6.07, 6.45) is 3.89. The normalized spacial score (nSPS) is 24.7. The van der Waals surface area contributed by atoms with Gasteiger partial charge in [0.1, 0.15) is 0 Å². The molecule has 0 bridgehead atoms. The van der Waals surface area contributed by atoms with Crippen molar-refractivity contribution in [2.75, 3.05) is 6.54 Å². The molecule has 128 valence electrons. The average Bonchev–Trinajstić information content (AvgIpc) is 2.54. The maximum atomic E-state index is 12.7. The van der Waals surface area contributed by atoms with Crippen LogP contribution in [0.25, 0.3) is 0 Å². The fourth-order valence-electron chi connectivity index (χ4n) is 3.66. The number of hydrogen-bond donors (Lipinski definition) is 1. The van der Waals surface area contributed by atoms with Crippen LogP contribution in [0.2, 0.25) is 0 Å². The quantitative estimate of drug-likeness (QED) is 0.860. The third kappa shape index (κ3) is 5.07. The molecule has 3 nitrogen and oxygen atoms in total. The van der Waals surface area contributed by atoms with E-state index < -0.39 is 0 Å². The summed E-state index contributed by atoms with van der Waals surface area (Å²) in [5.41, 5.74) is 1.20. The Labute approximate surface area is 141 Å². The molecule has 2 N–H and O–H groups in total. The van der Waals surface area contributed by atoms with Crippen molar-refractivity contribution in [3.8, 4) is 0 Å². The minimum atomic E-state index is 0.235. The second-order valence-electron chi connectivity index (χ2n) is 7.47. The molecule has 3 atom stereocenters. The highest BCUT2D eigenvalue weighted by molar-refractivity contribution is 5.77. The highest BCUT2D eigenvalue weighted by Crippen LogP contribution is 2.27. The van der Waals surface area contributed by atoms with Crippen LogP contribution in [-0.2, 0) is 11.3 Å². The third-order valence-electron chi connectivity index (χ3n) is 5.50. The van der Waals surface area contributed by atoms with Crippen LogP contribution in [0.3, 0.4) is 0 Å². The number of carbonyl (C=O) groups excluding carboxylic acids is 1. The van der Waals surface area contributed by atoms with Gasteiger partial charge in [0.25, 0.3) is 5.91 Å². The van der Waals surface area contributed by atoms with Gasteiger partial charge in [-0.15, -0.1) is 0 Å². The van der Waals surface area contributed by atoms with Crippen molar-refractivity contribution in [2.45, 2.75) is 65.6 Å². The van der Waals surface area contributed by atoms with Crippen molar-refractivity contribution < 1.29 is 10.1 Å². The van der Waals surface area contributed by atoms with Gasteiger partial charge in [0.2, 0.25) is 0 Å². The van der Waals surface area contributed by atoms with E-state index in [1.807, 2.05) is 23.1 Å². The zero-order chi connectivity index (χ0) is 16.8. The molecule has 0 heterocycles. The van der Waals surface area contributed by atoms with E-state index in [2.05, 4.69) is 45.1 Å². The van der Waals surface area contributed by atoms with E-state index in [9.17, 15) is 4.79 Å². The Morgan fingerprint density at radius 2 is 1.91 bits per heavy atom. The van der Waals surface area contributed by atoms with Crippen LogP contribution >= 0.6 is 0 Å². The van der Waals surface area contributed by atoms with E-state index in [1.54, 1.807) is 0 Å². The van der Waals surface area contributed by atoms with Crippen LogP contribution in [0.1, 0.15) is 52.5 Å². The predicted octanol–water partition coefficient (Wildman–Crippen LogP) is 2.81. The zero-order valence-electron chi connectivity index (χ0n) is 15.2. The van der Waals surface area contributed by atoms with Gasteiger partial charge in [0.15, 0.2) is 6.54 Å². The number of amides is 1. The zero-order valence-corrected chi connectivity index (χ0v) is 15.2. The highest BCUT2D eigenvalue weighted by Gasteiger charge is 2.30. The molecular formula is C20H33N2O+. The molecule has 2 rings (SSSR count). The number of quaternary nitrogens is 1. The Hall–Kier alpha value is -1.35. The van der Waals surface area contributed by atoms with Gasteiger partial charge < -0.3 is 10.2 Å². The summed E-state index contributed by atoms with van der Waals surface area (Å²) < 4.78 is 0. The van der Waals surface area contributed by atoms with Crippen LogP contribution < -0.4 is 5.32 Å². The van der Waals surface area contributed by atoms with Gasteiger partial charge in [-0.1, -0.05) is 44.2 Å². The van der Waals surface area contributed by atoms with E-state index >= 15 is 0 Å². The number of rotatable bonds is 6. The molecule has 1 fully saturated rings.